The van der Waals surface area contributed by atoms with E-state index in [4.69, 9.17) is 19.9 Å². The lowest BCUT2D eigenvalue weighted by Crippen LogP contribution is -2.54. The van der Waals surface area contributed by atoms with Crippen LogP contribution in [-0.2, 0) is 9.47 Å². The number of carbonyl (C=O) groups excluding carboxylic acids is 2. The first-order chi connectivity index (χ1) is 15.9. The summed E-state index contributed by atoms with van der Waals surface area (Å²) < 4.78 is 16.8. The van der Waals surface area contributed by atoms with Crippen molar-refractivity contribution in [2.45, 2.75) is 23.7 Å². The molecule has 0 unspecified atom stereocenters. The minimum Gasteiger partial charge on any atom is -0.505 e. The summed E-state index contributed by atoms with van der Waals surface area (Å²) >= 11 is 0. The van der Waals surface area contributed by atoms with Gasteiger partial charge in [-0.2, -0.15) is 0 Å². The summed E-state index contributed by atoms with van der Waals surface area (Å²) in [7, 11) is 3.07. The third-order valence-corrected chi connectivity index (χ3v) is 6.51. The average molecular weight is 453 g/mol. The van der Waals surface area contributed by atoms with Gasteiger partial charge in [-0.3, -0.25) is 4.79 Å². The lowest BCUT2D eigenvalue weighted by molar-refractivity contribution is -0.0337. The first kappa shape index (κ1) is 21.2. The van der Waals surface area contributed by atoms with Crippen molar-refractivity contribution in [3.63, 3.8) is 0 Å². The number of fused-ring (bicyclic) bond motifs is 5. The number of rotatable bonds is 6. The van der Waals surface area contributed by atoms with Crippen molar-refractivity contribution in [2.75, 3.05) is 32.3 Å². The number of anilines is 1. The van der Waals surface area contributed by atoms with Crippen LogP contribution in [0.1, 0.15) is 21.8 Å². The molecular weight excluding hydrogens is 430 g/mol. The third kappa shape index (κ3) is 3.11. The standard InChI is InChI=1S/C22H23N5O6/c1-31-15-8-13(25-26-20(29)11-6-4-3-5-7-11)18(28)16-12(10-33-21(23)30)22(32-2)19-14(24-19)9-27(22)17(15)16/h3-8,12,14,19,24,28H,9-10H2,1-2H3,(H2,23,30)/t12-,14+,19+,22-/m1/s1. The summed E-state index contributed by atoms with van der Waals surface area (Å²) in [5, 5.41) is 22.4. The van der Waals surface area contributed by atoms with Gasteiger partial charge in [-0.15, -0.1) is 10.2 Å². The van der Waals surface area contributed by atoms with Crippen molar-refractivity contribution in [1.29, 1.82) is 0 Å². The fraction of sp³-hybridized carbons (Fsp3) is 0.364. The quantitative estimate of drug-likeness (QED) is 0.443. The molecule has 4 N–H and O–H groups in total. The molecule has 0 aromatic heterocycles. The molecule has 0 aliphatic carbocycles. The summed E-state index contributed by atoms with van der Waals surface area (Å²) in [6.45, 7) is 0.486. The molecule has 4 atom stereocenters. The van der Waals surface area contributed by atoms with Crippen molar-refractivity contribution in [3.8, 4) is 11.5 Å². The van der Waals surface area contributed by atoms with Gasteiger partial charge in [0, 0.05) is 36.9 Å². The minimum atomic E-state index is -0.935. The molecule has 11 nitrogen and oxygen atoms in total. The maximum Gasteiger partial charge on any atom is 0.404 e. The van der Waals surface area contributed by atoms with Crippen LogP contribution in [0.4, 0.5) is 16.2 Å². The van der Waals surface area contributed by atoms with Crippen LogP contribution in [0.15, 0.2) is 46.6 Å². The summed E-state index contributed by atoms with van der Waals surface area (Å²) in [6.07, 6.45) is -0.935. The number of aromatic hydroxyl groups is 1. The second-order valence-electron chi connectivity index (χ2n) is 8.08. The molecule has 2 aromatic carbocycles. The van der Waals surface area contributed by atoms with Crippen LogP contribution in [-0.4, -0.2) is 62.3 Å². The fourth-order valence-electron chi connectivity index (χ4n) is 5.10. The van der Waals surface area contributed by atoms with E-state index < -0.39 is 23.6 Å². The van der Waals surface area contributed by atoms with Crippen LogP contribution < -0.4 is 20.7 Å². The van der Waals surface area contributed by atoms with E-state index in [2.05, 4.69) is 15.5 Å². The van der Waals surface area contributed by atoms with Gasteiger partial charge in [0.2, 0.25) is 0 Å². The Hall–Kier alpha value is -3.70. The van der Waals surface area contributed by atoms with Gasteiger partial charge in [0.05, 0.1) is 24.8 Å². The molecule has 2 amide bonds. The van der Waals surface area contributed by atoms with E-state index in [1.807, 2.05) is 4.90 Å². The summed E-state index contributed by atoms with van der Waals surface area (Å²) in [6, 6.07) is 10.2. The van der Waals surface area contributed by atoms with E-state index >= 15 is 0 Å². The Balaban J connectivity index is 1.60. The molecule has 3 heterocycles. The number of piperazine rings is 1. The Morgan fingerprint density at radius 1 is 1.30 bits per heavy atom. The van der Waals surface area contributed by atoms with Crippen LogP contribution >= 0.6 is 0 Å². The minimum absolute atomic E-state index is 0.0368. The number of ether oxygens (including phenoxy) is 3. The Labute approximate surface area is 189 Å². The number of nitrogens with zero attached hydrogens (tertiary/aromatic N) is 3. The van der Waals surface area contributed by atoms with Gasteiger partial charge in [0.25, 0.3) is 5.91 Å². The molecule has 0 bridgehead atoms. The lowest BCUT2D eigenvalue weighted by atomic mass is 9.89. The smallest absolute Gasteiger partial charge is 0.404 e. The second kappa shape index (κ2) is 7.71. The molecule has 2 fully saturated rings. The van der Waals surface area contributed by atoms with Gasteiger partial charge in [-0.05, 0) is 12.1 Å². The van der Waals surface area contributed by atoms with Gasteiger partial charge >= 0.3 is 6.09 Å². The number of azo groups is 1. The SMILES string of the molecule is COc1cc(N=NC(=O)c2ccccc2)c(O)c2c1N1C[C@@H]3N[C@@H]3[C@]1(OC)[C@@H]2COC(N)=O. The number of hydrogen-bond donors (Lipinski definition) is 3. The summed E-state index contributed by atoms with van der Waals surface area (Å²) in [5.74, 6) is -0.921. The number of nitrogens with two attached hydrogens (primary N) is 1. The number of amides is 2. The van der Waals surface area contributed by atoms with E-state index in [0.717, 1.165) is 0 Å². The molecule has 0 radical (unpaired) electrons. The summed E-state index contributed by atoms with van der Waals surface area (Å²) in [4.78, 5) is 25.8. The zero-order valence-electron chi connectivity index (χ0n) is 18.0. The highest BCUT2D eigenvalue weighted by molar-refractivity contribution is 5.94. The maximum absolute atomic E-state index is 12.4. The Morgan fingerprint density at radius 2 is 2.06 bits per heavy atom. The van der Waals surface area contributed by atoms with E-state index in [0.29, 0.717) is 29.1 Å². The molecule has 2 saturated heterocycles. The number of phenolic OH excluding ortho intramolecular Hbond substituents is 1. The molecule has 5 rings (SSSR count). The Morgan fingerprint density at radius 3 is 2.73 bits per heavy atom. The van der Waals surface area contributed by atoms with E-state index in [9.17, 15) is 14.7 Å². The predicted octanol–water partition coefficient (Wildman–Crippen LogP) is 2.02. The number of hydrogen-bond acceptors (Lipinski definition) is 9. The summed E-state index contributed by atoms with van der Waals surface area (Å²) in [5.41, 5.74) is 5.79. The van der Waals surface area contributed by atoms with Crippen LogP contribution in [0, 0.1) is 0 Å². The Kier molecular flexibility index (Phi) is 4.94. The number of benzene rings is 2. The maximum atomic E-state index is 12.4. The molecule has 3 aliphatic heterocycles. The molecular formula is C22H23N5O6. The van der Waals surface area contributed by atoms with Crippen LogP contribution in [0.25, 0.3) is 0 Å². The normalized spacial score (nSPS) is 26.6. The monoisotopic (exact) mass is 453 g/mol. The molecule has 172 valence electrons. The van der Waals surface area contributed by atoms with Gasteiger partial charge < -0.3 is 35.3 Å². The van der Waals surface area contributed by atoms with Crippen molar-refractivity contribution in [3.05, 3.63) is 47.5 Å². The van der Waals surface area contributed by atoms with Crippen LogP contribution in [0.3, 0.4) is 0 Å². The third-order valence-electron chi connectivity index (χ3n) is 6.51. The van der Waals surface area contributed by atoms with Crippen molar-refractivity contribution in [1.82, 2.24) is 5.32 Å². The molecule has 33 heavy (non-hydrogen) atoms. The highest BCUT2D eigenvalue weighted by Gasteiger charge is 2.71. The molecule has 0 spiro atoms. The van der Waals surface area contributed by atoms with Crippen molar-refractivity contribution < 1.29 is 28.9 Å². The van der Waals surface area contributed by atoms with Crippen LogP contribution in [0.5, 0.6) is 11.5 Å². The first-order valence-electron chi connectivity index (χ1n) is 10.4. The number of phenols is 1. The second-order valence-corrected chi connectivity index (χ2v) is 8.08. The van der Waals surface area contributed by atoms with Gasteiger partial charge in [0.1, 0.15) is 23.8 Å². The number of nitrogens with one attached hydrogen (secondary N) is 1. The van der Waals surface area contributed by atoms with Crippen molar-refractivity contribution in [2.24, 2.45) is 16.0 Å². The predicted molar refractivity (Wildman–Crippen MR) is 116 cm³/mol. The van der Waals surface area contributed by atoms with Gasteiger partial charge in [-0.25, -0.2) is 4.79 Å². The Bertz CT molecular complexity index is 1160. The highest BCUT2D eigenvalue weighted by Crippen LogP contribution is 2.63. The number of methoxy groups -OCH3 is 2. The number of primary amides is 1. The van der Waals surface area contributed by atoms with Crippen molar-refractivity contribution >= 4 is 23.4 Å². The fourth-order valence-corrected chi connectivity index (χ4v) is 5.10. The zero-order chi connectivity index (χ0) is 23.3. The highest BCUT2D eigenvalue weighted by atomic mass is 16.6. The van der Waals surface area contributed by atoms with Gasteiger partial charge in [0.15, 0.2) is 5.72 Å². The van der Waals surface area contributed by atoms with E-state index in [-0.39, 0.29) is 30.1 Å². The first-order valence-corrected chi connectivity index (χ1v) is 10.4. The van der Waals surface area contributed by atoms with Crippen LogP contribution in [0.2, 0.25) is 0 Å². The topological polar surface area (TPSA) is 158 Å². The zero-order valence-corrected chi connectivity index (χ0v) is 18.0. The van der Waals surface area contributed by atoms with E-state index in [1.54, 1.807) is 37.4 Å². The lowest BCUT2D eigenvalue weighted by Gasteiger charge is -2.38. The molecule has 3 aliphatic rings. The molecule has 0 saturated carbocycles. The van der Waals surface area contributed by atoms with E-state index in [1.165, 1.54) is 13.2 Å². The molecule has 11 heteroatoms. The van der Waals surface area contributed by atoms with Gasteiger partial charge in [-0.1, -0.05) is 18.2 Å². The number of carbonyl (C=O) groups is 2. The largest absolute Gasteiger partial charge is 0.505 e. The molecule has 2 aromatic rings. The average Bonchev–Trinajstić information content (AvgIpc) is 3.44.